The number of carbonyl (C=O) groups excluding carboxylic acids is 2. The van der Waals surface area contributed by atoms with E-state index in [4.69, 9.17) is 5.73 Å². The lowest BCUT2D eigenvalue weighted by Gasteiger charge is -2.14. The van der Waals surface area contributed by atoms with Gasteiger partial charge in [0.05, 0.1) is 0 Å². The van der Waals surface area contributed by atoms with Crippen LogP contribution in [0.25, 0.3) is 0 Å². The van der Waals surface area contributed by atoms with Gasteiger partial charge in [0.15, 0.2) is 0 Å². The van der Waals surface area contributed by atoms with Crippen molar-refractivity contribution >= 4 is 11.8 Å². The zero-order valence-corrected chi connectivity index (χ0v) is 26.0. The molecule has 4 nitrogen and oxygen atoms in total. The predicted octanol–water partition coefficient (Wildman–Crippen LogP) is 10.2. The van der Waals surface area contributed by atoms with Crippen molar-refractivity contribution in [3.8, 4) is 0 Å². The summed E-state index contributed by atoms with van der Waals surface area (Å²) in [4.78, 5) is 24.0. The van der Waals surface area contributed by atoms with E-state index >= 15 is 0 Å². The van der Waals surface area contributed by atoms with Crippen molar-refractivity contribution in [3.63, 3.8) is 0 Å². The highest BCUT2D eigenvalue weighted by atomic mass is 16.2. The summed E-state index contributed by atoms with van der Waals surface area (Å²) in [6.07, 6.45) is 35.1. The summed E-state index contributed by atoms with van der Waals surface area (Å²) in [6, 6.07) is 0. The monoisotopic (exact) mass is 537 g/mol. The van der Waals surface area contributed by atoms with Crippen molar-refractivity contribution in [1.82, 2.24) is 5.32 Å². The second-order valence-electron chi connectivity index (χ2n) is 11.9. The molecule has 0 fully saturated rings. The van der Waals surface area contributed by atoms with Crippen molar-refractivity contribution in [1.29, 1.82) is 0 Å². The fourth-order valence-electron chi connectivity index (χ4n) is 5.44. The lowest BCUT2D eigenvalue weighted by Crippen LogP contribution is -2.30. The molecule has 38 heavy (non-hydrogen) atoms. The number of unbranched alkanes of at least 4 members (excludes halogenated alkanes) is 23. The molecule has 0 rings (SSSR count). The normalized spacial score (nSPS) is 12.1. The lowest BCUT2D eigenvalue weighted by atomic mass is 9.96. The Labute approximate surface area is 238 Å². The highest BCUT2D eigenvalue weighted by Gasteiger charge is 2.15. The molecule has 0 aromatic rings. The Balaban J connectivity index is 3.52. The van der Waals surface area contributed by atoms with Crippen LogP contribution in [0, 0.1) is 5.92 Å². The molecule has 0 aliphatic carbocycles. The Bertz CT molecular complexity index is 509. The van der Waals surface area contributed by atoms with Gasteiger partial charge in [-0.05, 0) is 19.3 Å². The van der Waals surface area contributed by atoms with E-state index < -0.39 is 0 Å². The molecule has 0 saturated carbocycles. The Kier molecular flexibility index (Phi) is 29.6. The van der Waals surface area contributed by atoms with Crippen LogP contribution in [0.5, 0.6) is 0 Å². The fourth-order valence-corrected chi connectivity index (χ4v) is 5.44. The molecule has 0 bridgehead atoms. The van der Waals surface area contributed by atoms with Crippen molar-refractivity contribution in [2.45, 2.75) is 194 Å². The third-order valence-corrected chi connectivity index (χ3v) is 8.13. The van der Waals surface area contributed by atoms with Gasteiger partial charge in [-0.2, -0.15) is 0 Å². The smallest absolute Gasteiger partial charge is 0.220 e. The fraction of sp³-hybridized carbons (Fsp3) is 0.941. The lowest BCUT2D eigenvalue weighted by molar-refractivity contribution is -0.123. The molecule has 1 unspecified atom stereocenters. The SMILES string of the molecule is CCCCCCCCCCCCCCCC(=O)NCCC(CCCCCCCCCCCCCC)C(N)=O. The first kappa shape index (κ1) is 36.9. The van der Waals surface area contributed by atoms with E-state index in [1.54, 1.807) is 0 Å². The number of nitrogens with one attached hydrogen (secondary N) is 1. The van der Waals surface area contributed by atoms with E-state index in [1.807, 2.05) is 0 Å². The number of nitrogens with two attached hydrogens (primary N) is 1. The van der Waals surface area contributed by atoms with Gasteiger partial charge in [0.2, 0.25) is 11.8 Å². The summed E-state index contributed by atoms with van der Waals surface area (Å²) >= 11 is 0. The van der Waals surface area contributed by atoms with Crippen LogP contribution in [-0.4, -0.2) is 18.4 Å². The summed E-state index contributed by atoms with van der Waals surface area (Å²) in [6.45, 7) is 5.11. The first-order valence-electron chi connectivity index (χ1n) is 17.2. The molecule has 0 saturated heterocycles. The van der Waals surface area contributed by atoms with Gasteiger partial charge in [0.25, 0.3) is 0 Å². The van der Waals surface area contributed by atoms with E-state index in [1.165, 1.54) is 141 Å². The number of hydrogen-bond donors (Lipinski definition) is 2. The average molecular weight is 537 g/mol. The van der Waals surface area contributed by atoms with Crippen LogP contribution in [0.4, 0.5) is 0 Å². The van der Waals surface area contributed by atoms with Gasteiger partial charge in [-0.3, -0.25) is 9.59 Å². The van der Waals surface area contributed by atoms with Gasteiger partial charge in [0.1, 0.15) is 0 Å². The Morgan fingerprint density at radius 1 is 0.500 bits per heavy atom. The number of rotatable bonds is 31. The molecule has 1 atom stereocenters. The highest BCUT2D eigenvalue weighted by Crippen LogP contribution is 2.17. The largest absolute Gasteiger partial charge is 0.369 e. The second kappa shape index (κ2) is 30.5. The average Bonchev–Trinajstić information content (AvgIpc) is 2.90. The molecule has 3 N–H and O–H groups in total. The number of primary amides is 1. The van der Waals surface area contributed by atoms with E-state index in [9.17, 15) is 9.59 Å². The molecule has 2 amide bonds. The Hall–Kier alpha value is -1.06. The minimum Gasteiger partial charge on any atom is -0.369 e. The molecule has 0 aromatic carbocycles. The summed E-state index contributed by atoms with van der Waals surface area (Å²) in [7, 11) is 0. The molecule has 0 aliphatic rings. The van der Waals surface area contributed by atoms with Gasteiger partial charge >= 0.3 is 0 Å². The van der Waals surface area contributed by atoms with Crippen LogP contribution in [0.3, 0.4) is 0 Å². The van der Waals surface area contributed by atoms with Gasteiger partial charge in [0, 0.05) is 18.9 Å². The van der Waals surface area contributed by atoms with Gasteiger partial charge in [-0.25, -0.2) is 0 Å². The maximum atomic E-state index is 12.1. The molecule has 4 heteroatoms. The third kappa shape index (κ3) is 28.0. The van der Waals surface area contributed by atoms with Crippen LogP contribution in [0.2, 0.25) is 0 Å². The summed E-state index contributed by atoms with van der Waals surface area (Å²) in [5.41, 5.74) is 5.63. The van der Waals surface area contributed by atoms with Crippen LogP contribution in [-0.2, 0) is 9.59 Å². The number of hydrogen-bond acceptors (Lipinski definition) is 2. The van der Waals surface area contributed by atoms with Crippen LogP contribution >= 0.6 is 0 Å². The van der Waals surface area contributed by atoms with E-state index in [-0.39, 0.29) is 17.7 Å². The molecule has 0 spiro atoms. The van der Waals surface area contributed by atoms with E-state index in [2.05, 4.69) is 19.2 Å². The molecular weight excluding hydrogens is 468 g/mol. The number of carbonyl (C=O) groups is 2. The van der Waals surface area contributed by atoms with Gasteiger partial charge < -0.3 is 11.1 Å². The van der Waals surface area contributed by atoms with Gasteiger partial charge in [-0.1, -0.05) is 168 Å². The minimum atomic E-state index is -0.209. The molecular formula is C34H68N2O2. The summed E-state index contributed by atoms with van der Waals surface area (Å²) in [5.74, 6) is -0.185. The molecule has 226 valence electrons. The molecule has 0 aliphatic heterocycles. The first-order chi connectivity index (χ1) is 18.6. The van der Waals surface area contributed by atoms with E-state index in [0.717, 1.165) is 25.7 Å². The van der Waals surface area contributed by atoms with Crippen LogP contribution in [0.1, 0.15) is 194 Å². The molecule has 0 radical (unpaired) electrons. The first-order valence-corrected chi connectivity index (χ1v) is 17.2. The summed E-state index contributed by atoms with van der Waals surface area (Å²) < 4.78 is 0. The van der Waals surface area contributed by atoms with Crippen LogP contribution in [0.15, 0.2) is 0 Å². The highest BCUT2D eigenvalue weighted by molar-refractivity contribution is 5.77. The zero-order chi connectivity index (χ0) is 27.9. The Morgan fingerprint density at radius 2 is 0.842 bits per heavy atom. The van der Waals surface area contributed by atoms with Crippen molar-refractivity contribution < 1.29 is 9.59 Å². The third-order valence-electron chi connectivity index (χ3n) is 8.13. The standard InChI is InChI=1S/C34H68N2O2/c1-3-5-7-9-11-13-15-17-19-21-23-25-27-29-33(37)36-31-30-32(34(35)38)28-26-24-22-20-18-16-14-12-10-8-6-4-2/h32H,3-31H2,1-2H3,(H2,35,38)(H,36,37). The Morgan fingerprint density at radius 3 is 1.21 bits per heavy atom. The van der Waals surface area contributed by atoms with Crippen molar-refractivity contribution in [2.75, 3.05) is 6.54 Å². The van der Waals surface area contributed by atoms with E-state index in [0.29, 0.717) is 19.4 Å². The minimum absolute atomic E-state index is 0.102. The quantitative estimate of drug-likeness (QED) is 0.0865. The maximum absolute atomic E-state index is 12.1. The molecule has 0 heterocycles. The predicted molar refractivity (Wildman–Crippen MR) is 166 cm³/mol. The molecule has 0 aromatic heterocycles. The topological polar surface area (TPSA) is 72.2 Å². The van der Waals surface area contributed by atoms with Crippen molar-refractivity contribution in [3.05, 3.63) is 0 Å². The maximum Gasteiger partial charge on any atom is 0.220 e. The van der Waals surface area contributed by atoms with Crippen molar-refractivity contribution in [2.24, 2.45) is 11.7 Å². The second-order valence-corrected chi connectivity index (χ2v) is 11.9. The zero-order valence-electron chi connectivity index (χ0n) is 26.0. The summed E-state index contributed by atoms with van der Waals surface area (Å²) in [5, 5.41) is 3.01. The van der Waals surface area contributed by atoms with Crippen LogP contribution < -0.4 is 11.1 Å². The number of amides is 2. The van der Waals surface area contributed by atoms with Gasteiger partial charge in [-0.15, -0.1) is 0 Å².